The fourth-order valence-electron chi connectivity index (χ4n) is 3.23. The van der Waals surface area contributed by atoms with Crippen LogP contribution in [0.15, 0.2) is 22.6 Å². The van der Waals surface area contributed by atoms with Crippen molar-refractivity contribution in [2.45, 2.75) is 32.1 Å². The van der Waals surface area contributed by atoms with E-state index in [0.717, 1.165) is 43.3 Å². The van der Waals surface area contributed by atoms with Crippen molar-refractivity contribution in [3.8, 4) is 0 Å². The third-order valence-corrected chi connectivity index (χ3v) is 4.69. The molecule has 22 heavy (non-hydrogen) atoms. The van der Waals surface area contributed by atoms with Crippen molar-refractivity contribution >= 4 is 34.9 Å². The second-order valence-corrected chi connectivity index (χ2v) is 6.28. The lowest BCUT2D eigenvalue weighted by atomic mass is 9.82. The van der Waals surface area contributed by atoms with Crippen LogP contribution in [0.5, 0.6) is 0 Å². The van der Waals surface area contributed by atoms with Crippen LogP contribution in [0.2, 0.25) is 0 Å². The van der Waals surface area contributed by atoms with Crippen molar-refractivity contribution in [1.29, 1.82) is 0 Å². The lowest BCUT2D eigenvalue weighted by molar-refractivity contribution is -0.126. The zero-order chi connectivity index (χ0) is 15.6. The maximum Gasteiger partial charge on any atom is 0.266 e. The number of benzene rings is 1. The minimum atomic E-state index is -0.302. The second kappa shape index (κ2) is 6.22. The number of carbonyl (C=O) groups is 1. The Hall–Kier alpha value is -1.66. The summed E-state index contributed by atoms with van der Waals surface area (Å²) in [5, 5.41) is 3.03. The fraction of sp³-hybridized carbons (Fsp3) is 0.500. The van der Waals surface area contributed by atoms with Crippen LogP contribution in [-0.4, -0.2) is 24.6 Å². The van der Waals surface area contributed by atoms with E-state index in [1.54, 1.807) is 13.2 Å². The van der Waals surface area contributed by atoms with E-state index in [1.165, 1.54) is 0 Å². The highest BCUT2D eigenvalue weighted by atomic mass is 32.1. The first kappa shape index (κ1) is 15.2. The molecule has 3 rings (SSSR count). The molecule has 1 heterocycles. The van der Waals surface area contributed by atoms with Gasteiger partial charge in [-0.1, -0.05) is 12.8 Å². The molecule has 118 valence electrons. The third kappa shape index (κ3) is 2.94. The molecule has 0 aliphatic heterocycles. The largest absolute Gasteiger partial charge is 0.429 e. The van der Waals surface area contributed by atoms with Crippen LogP contribution < -0.4 is 5.32 Å². The highest BCUT2D eigenvalue weighted by molar-refractivity contribution is 7.71. The standard InChI is InChI=1S/C16H20N2O3S/c1-20-9-8-16(6-2-3-7-16)14(19)17-11-4-5-12-13(10-11)21-15(22)18-12/h4-5,10H,2-3,6-9H2,1H3,(H,17,19)(H,18,22). The Balaban J connectivity index is 1.79. The Bertz CT molecular complexity index is 728. The summed E-state index contributed by atoms with van der Waals surface area (Å²) < 4.78 is 10.6. The molecule has 0 atom stereocenters. The van der Waals surface area contributed by atoms with E-state index < -0.39 is 0 Å². The van der Waals surface area contributed by atoms with E-state index in [-0.39, 0.29) is 11.3 Å². The molecule has 1 amide bonds. The first-order chi connectivity index (χ1) is 10.6. The third-order valence-electron chi connectivity index (χ3n) is 4.51. The lowest BCUT2D eigenvalue weighted by Gasteiger charge is -2.27. The Morgan fingerprint density at radius 1 is 1.45 bits per heavy atom. The van der Waals surface area contributed by atoms with E-state index in [1.807, 2.05) is 12.1 Å². The monoisotopic (exact) mass is 320 g/mol. The molecular formula is C16H20N2O3S. The molecule has 0 spiro atoms. The molecule has 6 heteroatoms. The summed E-state index contributed by atoms with van der Waals surface area (Å²) in [5.74, 6) is 0.0792. The van der Waals surface area contributed by atoms with Gasteiger partial charge in [0.25, 0.3) is 4.84 Å². The van der Waals surface area contributed by atoms with Crippen LogP contribution in [-0.2, 0) is 9.53 Å². The average molecular weight is 320 g/mol. The van der Waals surface area contributed by atoms with Gasteiger partial charge in [0.2, 0.25) is 5.91 Å². The molecule has 1 fully saturated rings. The van der Waals surface area contributed by atoms with Crippen LogP contribution in [0, 0.1) is 10.3 Å². The SMILES string of the molecule is COCCC1(C(=O)Nc2ccc3[nH]c(=S)oc3c2)CCCC1. The van der Waals surface area contributed by atoms with Crippen molar-refractivity contribution in [2.24, 2.45) is 5.41 Å². The number of ether oxygens (including phenoxy) is 1. The Labute approximate surface area is 134 Å². The van der Waals surface area contributed by atoms with Gasteiger partial charge in [-0.15, -0.1) is 0 Å². The molecule has 1 aromatic carbocycles. The predicted octanol–water partition coefficient (Wildman–Crippen LogP) is 4.03. The number of H-pyrrole nitrogens is 1. The summed E-state index contributed by atoms with van der Waals surface area (Å²) >= 11 is 4.97. The first-order valence-electron chi connectivity index (χ1n) is 7.56. The number of hydrogen-bond donors (Lipinski definition) is 2. The maximum atomic E-state index is 12.8. The number of hydrogen-bond acceptors (Lipinski definition) is 4. The number of nitrogens with one attached hydrogen (secondary N) is 2. The quantitative estimate of drug-likeness (QED) is 0.816. The number of aromatic nitrogens is 1. The van der Waals surface area contributed by atoms with Crippen LogP contribution in [0.25, 0.3) is 11.1 Å². The van der Waals surface area contributed by atoms with E-state index in [9.17, 15) is 4.79 Å². The normalized spacial score (nSPS) is 17.0. The smallest absolute Gasteiger partial charge is 0.266 e. The van der Waals surface area contributed by atoms with Gasteiger partial charge in [-0.25, -0.2) is 0 Å². The summed E-state index contributed by atoms with van der Waals surface area (Å²) in [6, 6.07) is 5.53. The van der Waals surface area contributed by atoms with Crippen molar-refractivity contribution in [3.63, 3.8) is 0 Å². The first-order valence-corrected chi connectivity index (χ1v) is 7.97. The molecule has 5 nitrogen and oxygen atoms in total. The summed E-state index contributed by atoms with van der Waals surface area (Å²) in [5.41, 5.74) is 1.92. The van der Waals surface area contributed by atoms with Gasteiger partial charge in [-0.3, -0.25) is 4.79 Å². The number of oxazole rings is 1. The zero-order valence-electron chi connectivity index (χ0n) is 12.6. The summed E-state index contributed by atoms with van der Waals surface area (Å²) in [4.78, 5) is 16.0. The van der Waals surface area contributed by atoms with E-state index in [2.05, 4.69) is 10.3 Å². The van der Waals surface area contributed by atoms with Crippen molar-refractivity contribution in [1.82, 2.24) is 4.98 Å². The topological polar surface area (TPSA) is 67.3 Å². The fourth-order valence-corrected chi connectivity index (χ4v) is 3.43. The molecular weight excluding hydrogens is 300 g/mol. The van der Waals surface area contributed by atoms with Gasteiger partial charge in [0, 0.05) is 25.5 Å². The van der Waals surface area contributed by atoms with E-state index in [4.69, 9.17) is 21.4 Å². The number of aromatic amines is 1. The molecule has 0 unspecified atom stereocenters. The number of carbonyl (C=O) groups excluding carboxylic acids is 1. The second-order valence-electron chi connectivity index (χ2n) is 5.91. The molecule has 1 aliphatic carbocycles. The van der Waals surface area contributed by atoms with Crippen molar-refractivity contribution in [3.05, 3.63) is 23.0 Å². The molecule has 1 aromatic heterocycles. The Morgan fingerprint density at radius 3 is 2.95 bits per heavy atom. The summed E-state index contributed by atoms with van der Waals surface area (Å²) in [6.45, 7) is 0.610. The Kier molecular flexibility index (Phi) is 4.31. The van der Waals surface area contributed by atoms with Gasteiger partial charge in [-0.05, 0) is 43.6 Å². The molecule has 0 radical (unpaired) electrons. The zero-order valence-corrected chi connectivity index (χ0v) is 13.4. The van der Waals surface area contributed by atoms with Gasteiger partial charge in [0.15, 0.2) is 5.58 Å². The van der Waals surface area contributed by atoms with Crippen LogP contribution in [0.3, 0.4) is 0 Å². The lowest BCUT2D eigenvalue weighted by Crippen LogP contribution is -2.34. The van der Waals surface area contributed by atoms with Gasteiger partial charge in [0.05, 0.1) is 10.9 Å². The summed E-state index contributed by atoms with van der Waals surface area (Å²) in [7, 11) is 1.67. The number of amides is 1. The molecule has 0 saturated heterocycles. The van der Waals surface area contributed by atoms with Crippen LogP contribution >= 0.6 is 12.2 Å². The molecule has 1 saturated carbocycles. The van der Waals surface area contributed by atoms with E-state index in [0.29, 0.717) is 17.0 Å². The minimum Gasteiger partial charge on any atom is -0.429 e. The highest BCUT2D eigenvalue weighted by Crippen LogP contribution is 2.42. The molecule has 1 aliphatic rings. The van der Waals surface area contributed by atoms with Gasteiger partial charge in [0.1, 0.15) is 0 Å². The van der Waals surface area contributed by atoms with Gasteiger partial charge < -0.3 is 19.5 Å². The van der Waals surface area contributed by atoms with Crippen LogP contribution in [0.1, 0.15) is 32.1 Å². The van der Waals surface area contributed by atoms with Gasteiger partial charge >= 0.3 is 0 Å². The maximum absolute atomic E-state index is 12.8. The minimum absolute atomic E-state index is 0.0792. The number of anilines is 1. The predicted molar refractivity (Wildman–Crippen MR) is 87.4 cm³/mol. The summed E-state index contributed by atoms with van der Waals surface area (Å²) in [6.07, 6.45) is 4.82. The van der Waals surface area contributed by atoms with Crippen LogP contribution in [0.4, 0.5) is 5.69 Å². The average Bonchev–Trinajstić information content (AvgIpc) is 3.11. The highest BCUT2D eigenvalue weighted by Gasteiger charge is 2.40. The van der Waals surface area contributed by atoms with Gasteiger partial charge in [-0.2, -0.15) is 0 Å². The Morgan fingerprint density at radius 2 is 2.23 bits per heavy atom. The number of methoxy groups -OCH3 is 1. The van der Waals surface area contributed by atoms with E-state index >= 15 is 0 Å². The number of rotatable bonds is 5. The van der Waals surface area contributed by atoms with Crippen molar-refractivity contribution in [2.75, 3.05) is 19.0 Å². The van der Waals surface area contributed by atoms with Crippen molar-refractivity contribution < 1.29 is 13.9 Å². The molecule has 2 aromatic rings. The number of fused-ring (bicyclic) bond motifs is 1. The molecule has 0 bridgehead atoms. The molecule has 2 N–H and O–H groups in total.